The van der Waals surface area contributed by atoms with E-state index in [1.54, 1.807) is 12.1 Å². The fourth-order valence-corrected chi connectivity index (χ4v) is 4.46. The summed E-state index contributed by atoms with van der Waals surface area (Å²) < 4.78 is 5.26. The molecule has 4 nitrogen and oxygen atoms in total. The van der Waals surface area contributed by atoms with E-state index < -0.39 is 0 Å². The maximum atomic E-state index is 13.2. The lowest BCUT2D eigenvalue weighted by Crippen LogP contribution is -2.45. The first-order valence-corrected chi connectivity index (χ1v) is 10.4. The van der Waals surface area contributed by atoms with Crippen molar-refractivity contribution >= 4 is 17.5 Å². The Kier molecular flexibility index (Phi) is 8.21. The first kappa shape index (κ1) is 22.1. The third-order valence-corrected chi connectivity index (χ3v) is 6.20. The lowest BCUT2D eigenvalue weighted by Gasteiger charge is -2.38. The molecule has 1 aromatic rings. The highest BCUT2D eigenvalue weighted by molar-refractivity contribution is 6.33. The van der Waals surface area contributed by atoms with Crippen LogP contribution in [0.2, 0.25) is 5.02 Å². The van der Waals surface area contributed by atoms with Gasteiger partial charge in [-0.15, -0.1) is 12.3 Å². The molecule has 0 aromatic heterocycles. The van der Waals surface area contributed by atoms with Crippen molar-refractivity contribution in [2.75, 3.05) is 13.7 Å². The summed E-state index contributed by atoms with van der Waals surface area (Å²) in [6.07, 6.45) is 10.9. The van der Waals surface area contributed by atoms with Crippen LogP contribution in [-0.2, 0) is 11.2 Å². The van der Waals surface area contributed by atoms with Crippen molar-refractivity contribution in [3.05, 3.63) is 28.3 Å². The number of hydrogen-bond donors (Lipinski definition) is 0. The van der Waals surface area contributed by atoms with E-state index >= 15 is 0 Å². The molecule has 1 amide bonds. The number of halogens is 1. The molecule has 0 aliphatic heterocycles. The first-order chi connectivity index (χ1) is 13.5. The lowest BCUT2D eigenvalue weighted by molar-refractivity contribution is -0.134. The molecule has 0 saturated heterocycles. The highest BCUT2D eigenvalue weighted by Gasteiger charge is 2.31. The largest absolute Gasteiger partial charge is 0.495 e. The van der Waals surface area contributed by atoms with E-state index in [1.807, 2.05) is 4.90 Å². The van der Waals surface area contributed by atoms with Crippen LogP contribution >= 0.6 is 11.6 Å². The molecule has 150 valence electrons. The molecule has 2 rings (SSSR count). The molecule has 0 bridgehead atoms. The summed E-state index contributed by atoms with van der Waals surface area (Å²) in [5.74, 6) is 4.07. The summed E-state index contributed by atoms with van der Waals surface area (Å²) in [6.45, 7) is 4.87. The average Bonchev–Trinajstić information content (AvgIpc) is 2.72. The number of benzene rings is 1. The Morgan fingerprint density at radius 3 is 2.82 bits per heavy atom. The molecule has 5 heteroatoms. The normalized spacial score (nSPS) is 19.9. The molecule has 28 heavy (non-hydrogen) atoms. The van der Waals surface area contributed by atoms with E-state index in [4.69, 9.17) is 22.8 Å². The second kappa shape index (κ2) is 10.4. The van der Waals surface area contributed by atoms with Crippen LogP contribution < -0.4 is 4.74 Å². The van der Waals surface area contributed by atoms with Gasteiger partial charge in [-0.05, 0) is 50.7 Å². The lowest BCUT2D eigenvalue weighted by atomic mass is 9.78. The minimum absolute atomic E-state index is 0.0103. The summed E-state index contributed by atoms with van der Waals surface area (Å²) in [5.41, 5.74) is 0.945. The fraction of sp³-hybridized carbons (Fsp3) is 0.565. The van der Waals surface area contributed by atoms with Crippen molar-refractivity contribution in [1.82, 2.24) is 4.90 Å². The first-order valence-electron chi connectivity index (χ1n) is 9.97. The molecule has 0 spiro atoms. The molecule has 3 atom stereocenters. The minimum Gasteiger partial charge on any atom is -0.495 e. The number of nitriles is 1. The Bertz CT molecular complexity index is 778. The standard InChI is InChI=1S/C23H29ClN2O2/c1-5-12-26(16(3)18-9-7-8-17(6-2)13-18)22(27)14-20-19(15-25)10-11-21(28-4)23(20)24/h2,10-11,16-18H,5,7-9,12-14H2,1,3-4H3/t16-,17?,18-/m0/s1. The van der Waals surface area contributed by atoms with Crippen LogP contribution in [0.15, 0.2) is 12.1 Å². The summed E-state index contributed by atoms with van der Waals surface area (Å²) in [5, 5.41) is 9.77. The second-order valence-corrected chi connectivity index (χ2v) is 7.89. The number of hydrogen-bond acceptors (Lipinski definition) is 3. The van der Waals surface area contributed by atoms with Crippen molar-refractivity contribution < 1.29 is 9.53 Å². The quantitative estimate of drug-likeness (QED) is 0.616. The Balaban J connectivity index is 2.24. The number of methoxy groups -OCH3 is 1. The summed E-state index contributed by atoms with van der Waals surface area (Å²) in [4.78, 5) is 15.2. The van der Waals surface area contributed by atoms with Crippen molar-refractivity contribution in [3.63, 3.8) is 0 Å². The third kappa shape index (κ3) is 5.00. The highest BCUT2D eigenvalue weighted by atomic mass is 35.5. The predicted octanol–water partition coefficient (Wildman–Crippen LogP) is 4.83. The topological polar surface area (TPSA) is 53.3 Å². The van der Waals surface area contributed by atoms with Crippen LogP contribution in [0.4, 0.5) is 0 Å². The molecule has 1 saturated carbocycles. The minimum atomic E-state index is -0.0103. The zero-order valence-corrected chi connectivity index (χ0v) is 17.8. The number of nitrogens with zero attached hydrogens (tertiary/aromatic N) is 2. The van der Waals surface area contributed by atoms with Gasteiger partial charge in [0.1, 0.15) is 5.75 Å². The fourth-order valence-electron chi connectivity index (χ4n) is 4.16. The number of carbonyl (C=O) groups is 1. The maximum Gasteiger partial charge on any atom is 0.227 e. The van der Waals surface area contributed by atoms with Crippen molar-refractivity contribution in [1.29, 1.82) is 5.26 Å². The van der Waals surface area contributed by atoms with E-state index in [0.717, 1.165) is 32.1 Å². The van der Waals surface area contributed by atoms with Crippen LogP contribution in [0.1, 0.15) is 57.1 Å². The van der Waals surface area contributed by atoms with Crippen molar-refractivity contribution in [2.24, 2.45) is 11.8 Å². The summed E-state index contributed by atoms with van der Waals surface area (Å²) in [6, 6.07) is 5.56. The Morgan fingerprint density at radius 2 is 2.21 bits per heavy atom. The van der Waals surface area contributed by atoms with Gasteiger partial charge >= 0.3 is 0 Å². The SMILES string of the molecule is C#CC1CCC[C@H]([C@H](C)N(CCC)C(=O)Cc2c(C#N)ccc(OC)c2Cl)C1. The predicted molar refractivity (Wildman–Crippen MR) is 112 cm³/mol. The molecular weight excluding hydrogens is 372 g/mol. The van der Waals surface area contributed by atoms with Crippen LogP contribution in [0.25, 0.3) is 0 Å². The van der Waals surface area contributed by atoms with Gasteiger partial charge in [0.15, 0.2) is 0 Å². The molecule has 1 aliphatic carbocycles. The molecule has 0 N–H and O–H groups in total. The van der Waals surface area contributed by atoms with Crippen LogP contribution in [0.3, 0.4) is 0 Å². The third-order valence-electron chi connectivity index (χ3n) is 5.79. The number of rotatable bonds is 7. The Morgan fingerprint density at radius 1 is 1.46 bits per heavy atom. The maximum absolute atomic E-state index is 13.2. The van der Waals surface area contributed by atoms with Crippen molar-refractivity contribution in [3.8, 4) is 24.2 Å². The number of amides is 1. The van der Waals surface area contributed by atoms with Crippen molar-refractivity contribution in [2.45, 2.75) is 58.4 Å². The van der Waals surface area contributed by atoms with Crippen LogP contribution in [0.5, 0.6) is 5.75 Å². The van der Waals surface area contributed by atoms with Gasteiger partial charge < -0.3 is 9.64 Å². The highest BCUT2D eigenvalue weighted by Crippen LogP contribution is 2.34. The van der Waals surface area contributed by atoms with Crippen LogP contribution in [-0.4, -0.2) is 30.5 Å². The van der Waals surface area contributed by atoms with Gasteiger partial charge in [0.2, 0.25) is 5.91 Å². The van der Waals surface area contributed by atoms with Crippen LogP contribution in [0, 0.1) is 35.5 Å². The smallest absolute Gasteiger partial charge is 0.227 e. The van der Waals surface area contributed by atoms with Gasteiger partial charge in [-0.3, -0.25) is 4.79 Å². The van der Waals surface area contributed by atoms with E-state index in [1.165, 1.54) is 7.11 Å². The number of terminal acetylenes is 1. The van der Waals surface area contributed by atoms with Gasteiger partial charge in [-0.2, -0.15) is 5.26 Å². The molecule has 1 unspecified atom stereocenters. The zero-order chi connectivity index (χ0) is 20.7. The van der Waals surface area contributed by atoms with Gasteiger partial charge in [-0.1, -0.05) is 24.9 Å². The van der Waals surface area contributed by atoms with Gasteiger partial charge in [-0.25, -0.2) is 0 Å². The van der Waals surface area contributed by atoms with E-state index in [-0.39, 0.29) is 18.4 Å². The zero-order valence-electron chi connectivity index (χ0n) is 17.0. The molecule has 1 aromatic carbocycles. The van der Waals surface area contributed by atoms with Gasteiger partial charge in [0.25, 0.3) is 0 Å². The molecule has 0 heterocycles. The Hall–Kier alpha value is -2.17. The molecule has 1 fully saturated rings. The number of ether oxygens (including phenoxy) is 1. The monoisotopic (exact) mass is 400 g/mol. The number of carbonyl (C=O) groups excluding carboxylic acids is 1. The summed E-state index contributed by atoms with van der Waals surface area (Å²) in [7, 11) is 1.52. The van der Waals surface area contributed by atoms with Gasteiger partial charge in [0, 0.05) is 24.1 Å². The van der Waals surface area contributed by atoms with E-state index in [9.17, 15) is 10.1 Å². The molecular formula is C23H29ClN2O2. The molecule has 1 aliphatic rings. The Labute approximate surface area is 173 Å². The molecule has 0 radical (unpaired) electrons. The van der Waals surface area contributed by atoms with E-state index in [0.29, 0.717) is 40.3 Å². The average molecular weight is 401 g/mol. The van der Waals surface area contributed by atoms with E-state index in [2.05, 4.69) is 25.8 Å². The second-order valence-electron chi connectivity index (χ2n) is 7.51. The van der Waals surface area contributed by atoms with Gasteiger partial charge in [0.05, 0.1) is 30.2 Å². The summed E-state index contributed by atoms with van der Waals surface area (Å²) >= 11 is 6.42.